The molecular weight excluding hydrogens is 358 g/mol. The first-order valence-electron chi connectivity index (χ1n) is 12.2. The summed E-state index contributed by atoms with van der Waals surface area (Å²) >= 11 is 0. The van der Waals surface area contributed by atoms with Gasteiger partial charge >= 0.3 is 5.97 Å². The van der Waals surface area contributed by atoms with Gasteiger partial charge in [0.1, 0.15) is 0 Å². The second-order valence-electron chi connectivity index (χ2n) is 8.84. The molecular formula is C26H49NO2. The highest BCUT2D eigenvalue weighted by atomic mass is 16.4. The van der Waals surface area contributed by atoms with Crippen LogP contribution in [-0.4, -0.2) is 35.6 Å². The van der Waals surface area contributed by atoms with E-state index >= 15 is 0 Å². The first-order chi connectivity index (χ1) is 14.0. The fraction of sp³-hybridized carbons (Fsp3) is 0.808. The van der Waals surface area contributed by atoms with Crippen LogP contribution in [0.1, 0.15) is 105 Å². The Morgan fingerprint density at radius 2 is 1.17 bits per heavy atom. The normalized spacial score (nSPS) is 14.2. The zero-order chi connectivity index (χ0) is 21.7. The van der Waals surface area contributed by atoms with E-state index in [9.17, 15) is 9.90 Å². The summed E-state index contributed by atoms with van der Waals surface area (Å²) in [6.45, 7) is 11.0. The lowest BCUT2D eigenvalue weighted by Gasteiger charge is -2.23. The van der Waals surface area contributed by atoms with Crippen molar-refractivity contribution in [2.75, 3.05) is 19.6 Å². The quantitative estimate of drug-likeness (QED) is 0.168. The molecule has 0 aromatic heterocycles. The van der Waals surface area contributed by atoms with Crippen LogP contribution in [0.5, 0.6) is 0 Å². The zero-order valence-corrected chi connectivity index (χ0v) is 19.9. The predicted octanol–water partition coefficient (Wildman–Crippen LogP) is 7.48. The molecule has 0 aliphatic rings. The number of allylic oxidation sites excluding steroid dienone is 4. The molecule has 0 amide bonds. The van der Waals surface area contributed by atoms with Crippen molar-refractivity contribution in [2.45, 2.75) is 105 Å². The molecule has 0 aromatic carbocycles. The van der Waals surface area contributed by atoms with Gasteiger partial charge in [0, 0.05) is 0 Å². The van der Waals surface area contributed by atoms with Crippen LogP contribution in [0.25, 0.3) is 0 Å². The van der Waals surface area contributed by atoms with Gasteiger partial charge in [0.25, 0.3) is 0 Å². The highest BCUT2D eigenvalue weighted by molar-refractivity contribution is 5.69. The molecule has 2 atom stereocenters. The Hall–Kier alpha value is -1.09. The van der Waals surface area contributed by atoms with E-state index in [2.05, 4.69) is 56.9 Å². The third-order valence-electron chi connectivity index (χ3n) is 5.67. The average Bonchev–Trinajstić information content (AvgIpc) is 2.69. The van der Waals surface area contributed by atoms with Crippen molar-refractivity contribution < 1.29 is 9.90 Å². The monoisotopic (exact) mass is 407 g/mol. The van der Waals surface area contributed by atoms with Crippen molar-refractivity contribution >= 4 is 5.97 Å². The summed E-state index contributed by atoms with van der Waals surface area (Å²) in [5.74, 6) is 0.587. The Kier molecular flexibility index (Phi) is 19.4. The molecule has 170 valence electrons. The molecule has 0 aliphatic carbocycles. The number of carbonyl (C=O) groups is 1. The van der Waals surface area contributed by atoms with E-state index in [1.54, 1.807) is 0 Å². The standard InChI is InChI=1S/C26H49NO2/c1-5-7-9-11-13-15-17-24(3)19-21-27(23-26(28)29)22-20-25(4)18-16-14-12-10-8-6-2/h11-14,24-25H,5-10,15-23H2,1-4H3,(H,28,29)/b13-11+,14-12+. The Morgan fingerprint density at radius 1 is 0.759 bits per heavy atom. The minimum Gasteiger partial charge on any atom is -0.480 e. The van der Waals surface area contributed by atoms with Gasteiger partial charge in [-0.05, 0) is 76.3 Å². The van der Waals surface area contributed by atoms with Gasteiger partial charge in [-0.3, -0.25) is 9.69 Å². The van der Waals surface area contributed by atoms with Gasteiger partial charge in [0.15, 0.2) is 0 Å². The summed E-state index contributed by atoms with van der Waals surface area (Å²) in [6.07, 6.45) is 23.6. The van der Waals surface area contributed by atoms with E-state index in [1.807, 2.05) is 0 Å². The van der Waals surface area contributed by atoms with Crippen molar-refractivity contribution in [1.29, 1.82) is 0 Å². The van der Waals surface area contributed by atoms with Crippen LogP contribution < -0.4 is 0 Å². The Balaban J connectivity index is 4.07. The fourth-order valence-corrected chi connectivity index (χ4v) is 3.43. The van der Waals surface area contributed by atoms with E-state index < -0.39 is 5.97 Å². The van der Waals surface area contributed by atoms with Crippen molar-refractivity contribution in [3.05, 3.63) is 24.3 Å². The number of hydrogen-bond acceptors (Lipinski definition) is 2. The van der Waals surface area contributed by atoms with Gasteiger partial charge in [-0.15, -0.1) is 0 Å². The maximum absolute atomic E-state index is 11.2. The van der Waals surface area contributed by atoms with E-state index in [0.29, 0.717) is 11.8 Å². The smallest absolute Gasteiger partial charge is 0.317 e. The molecule has 0 saturated heterocycles. The highest BCUT2D eigenvalue weighted by Crippen LogP contribution is 2.15. The SMILES string of the molecule is CCCC/C=C/CCC(C)CCN(CCC(C)CC/C=C/CCCC)CC(=O)O. The van der Waals surface area contributed by atoms with Gasteiger partial charge in [0.05, 0.1) is 6.54 Å². The van der Waals surface area contributed by atoms with Crippen molar-refractivity contribution in [1.82, 2.24) is 4.90 Å². The molecule has 29 heavy (non-hydrogen) atoms. The molecule has 0 aliphatic heterocycles. The zero-order valence-electron chi connectivity index (χ0n) is 19.9. The van der Waals surface area contributed by atoms with E-state index in [4.69, 9.17) is 0 Å². The second kappa shape index (κ2) is 20.2. The number of hydrogen-bond donors (Lipinski definition) is 1. The van der Waals surface area contributed by atoms with Gasteiger partial charge in [0.2, 0.25) is 0 Å². The van der Waals surface area contributed by atoms with Crippen LogP contribution in [-0.2, 0) is 4.79 Å². The minimum atomic E-state index is -0.706. The van der Waals surface area contributed by atoms with Crippen molar-refractivity contribution in [3.63, 3.8) is 0 Å². The summed E-state index contributed by atoms with van der Waals surface area (Å²) in [4.78, 5) is 13.4. The van der Waals surface area contributed by atoms with Gasteiger partial charge in [-0.2, -0.15) is 0 Å². The molecule has 3 nitrogen and oxygen atoms in total. The predicted molar refractivity (Wildman–Crippen MR) is 127 cm³/mol. The lowest BCUT2D eigenvalue weighted by atomic mass is 9.99. The Morgan fingerprint density at radius 3 is 1.55 bits per heavy atom. The summed E-state index contributed by atoms with van der Waals surface area (Å²) in [7, 11) is 0. The molecule has 0 bridgehead atoms. The highest BCUT2D eigenvalue weighted by Gasteiger charge is 2.13. The number of unbranched alkanes of at least 4 members (excludes halogenated alkanes) is 4. The molecule has 0 heterocycles. The van der Waals surface area contributed by atoms with Crippen LogP contribution in [0.4, 0.5) is 0 Å². The Labute approximate surface area is 181 Å². The van der Waals surface area contributed by atoms with Crippen LogP contribution in [0.2, 0.25) is 0 Å². The van der Waals surface area contributed by atoms with Crippen LogP contribution >= 0.6 is 0 Å². The summed E-state index contributed by atoms with van der Waals surface area (Å²) < 4.78 is 0. The summed E-state index contributed by atoms with van der Waals surface area (Å²) in [5.41, 5.74) is 0. The molecule has 0 radical (unpaired) electrons. The number of aliphatic carboxylic acids is 1. The largest absolute Gasteiger partial charge is 0.480 e. The molecule has 0 aromatic rings. The number of rotatable bonds is 20. The maximum atomic E-state index is 11.2. The topological polar surface area (TPSA) is 40.5 Å². The third kappa shape index (κ3) is 20.0. The van der Waals surface area contributed by atoms with Crippen LogP contribution in [0.3, 0.4) is 0 Å². The van der Waals surface area contributed by atoms with Crippen molar-refractivity contribution in [2.24, 2.45) is 11.8 Å². The van der Waals surface area contributed by atoms with E-state index in [-0.39, 0.29) is 6.54 Å². The number of nitrogens with zero attached hydrogens (tertiary/aromatic N) is 1. The minimum absolute atomic E-state index is 0.174. The molecule has 0 saturated carbocycles. The van der Waals surface area contributed by atoms with E-state index in [0.717, 1.165) is 38.8 Å². The maximum Gasteiger partial charge on any atom is 0.317 e. The molecule has 0 spiro atoms. The number of carboxylic acid groups (broad SMARTS) is 1. The average molecular weight is 408 g/mol. The summed E-state index contributed by atoms with van der Waals surface area (Å²) in [5, 5.41) is 9.24. The molecule has 1 N–H and O–H groups in total. The van der Waals surface area contributed by atoms with Gasteiger partial charge in [-0.25, -0.2) is 0 Å². The van der Waals surface area contributed by atoms with Crippen LogP contribution in [0, 0.1) is 11.8 Å². The van der Waals surface area contributed by atoms with E-state index in [1.165, 1.54) is 51.4 Å². The van der Waals surface area contributed by atoms with Crippen molar-refractivity contribution in [3.8, 4) is 0 Å². The Bertz CT molecular complexity index is 398. The second-order valence-corrected chi connectivity index (χ2v) is 8.84. The molecule has 0 fully saturated rings. The lowest BCUT2D eigenvalue weighted by Crippen LogP contribution is -2.33. The van der Waals surface area contributed by atoms with Gasteiger partial charge < -0.3 is 5.11 Å². The van der Waals surface area contributed by atoms with Crippen LogP contribution in [0.15, 0.2) is 24.3 Å². The molecule has 3 heteroatoms. The number of carboxylic acids is 1. The molecule has 2 unspecified atom stereocenters. The van der Waals surface area contributed by atoms with Gasteiger partial charge in [-0.1, -0.05) is 77.7 Å². The molecule has 0 rings (SSSR count). The lowest BCUT2D eigenvalue weighted by molar-refractivity contribution is -0.138. The first-order valence-corrected chi connectivity index (χ1v) is 12.2. The third-order valence-corrected chi connectivity index (χ3v) is 5.67. The summed E-state index contributed by atoms with van der Waals surface area (Å²) in [6, 6.07) is 0. The fourth-order valence-electron chi connectivity index (χ4n) is 3.43. The first kappa shape index (κ1) is 27.9.